The van der Waals surface area contributed by atoms with Crippen LogP contribution in [0.1, 0.15) is 105 Å². The molecular weight excluding hydrogens is 458 g/mol. The maximum atomic E-state index is 14.6. The third kappa shape index (κ3) is 9.90. The summed E-state index contributed by atoms with van der Waals surface area (Å²) >= 11 is 0. The second kappa shape index (κ2) is 15.7. The second-order valence-electron chi connectivity index (χ2n) is 9.68. The van der Waals surface area contributed by atoms with E-state index in [1.165, 1.54) is 81.0 Å². The molecule has 37 heavy (non-hydrogen) atoms. The Morgan fingerprint density at radius 1 is 0.486 bits per heavy atom. The van der Waals surface area contributed by atoms with Crippen LogP contribution < -0.4 is 0 Å². The van der Waals surface area contributed by atoms with E-state index in [0.29, 0.717) is 5.56 Å². The van der Waals surface area contributed by atoms with Crippen LogP contribution in [0.25, 0.3) is 0 Å². The summed E-state index contributed by atoms with van der Waals surface area (Å²) in [6, 6.07) is 18.5. The summed E-state index contributed by atoms with van der Waals surface area (Å²) in [4.78, 5) is 0. The van der Waals surface area contributed by atoms with Crippen LogP contribution in [0.2, 0.25) is 0 Å². The van der Waals surface area contributed by atoms with Gasteiger partial charge in [-0.05, 0) is 73.2 Å². The van der Waals surface area contributed by atoms with Crippen molar-refractivity contribution in [1.82, 2.24) is 0 Å². The topological polar surface area (TPSA) is 0 Å². The van der Waals surface area contributed by atoms with E-state index < -0.39 is 11.6 Å². The number of hydrogen-bond acceptors (Lipinski definition) is 0. The van der Waals surface area contributed by atoms with Crippen LogP contribution in [0.15, 0.2) is 60.7 Å². The Hall–Kier alpha value is -3.36. The Morgan fingerprint density at radius 3 is 1.38 bits per heavy atom. The molecule has 2 heteroatoms. The molecule has 3 aromatic rings. The summed E-state index contributed by atoms with van der Waals surface area (Å²) in [7, 11) is 0. The van der Waals surface area contributed by atoms with Crippen LogP contribution in [0.4, 0.5) is 8.78 Å². The van der Waals surface area contributed by atoms with Crippen LogP contribution in [0.5, 0.6) is 0 Å². The molecule has 3 aromatic carbocycles. The van der Waals surface area contributed by atoms with Crippen molar-refractivity contribution in [2.75, 3.05) is 0 Å². The fraction of sp³-hybridized carbons (Fsp3) is 0.371. The first-order valence-corrected chi connectivity index (χ1v) is 13.8. The van der Waals surface area contributed by atoms with E-state index in [4.69, 9.17) is 0 Å². The standard InChI is InChI=1S/C35H38F2/c1-3-5-7-9-11-13-29-14-18-30(19-15-29)22-23-32-26-34(36)33(35(37)27-32)25-24-31-20-16-28(17-21-31)12-10-8-6-4-2/h14-21,26-27H,3-13H2,1-2H3. The van der Waals surface area contributed by atoms with Crippen LogP contribution in [0.3, 0.4) is 0 Å². The summed E-state index contributed by atoms with van der Waals surface area (Å²) in [6.45, 7) is 4.43. The maximum absolute atomic E-state index is 14.6. The van der Waals surface area contributed by atoms with Crippen molar-refractivity contribution in [3.63, 3.8) is 0 Å². The third-order valence-corrected chi connectivity index (χ3v) is 6.52. The molecule has 3 rings (SSSR count). The molecule has 0 heterocycles. The molecule has 0 amide bonds. The van der Waals surface area contributed by atoms with E-state index in [1.54, 1.807) is 0 Å². The number of halogens is 2. The van der Waals surface area contributed by atoms with Gasteiger partial charge in [0, 0.05) is 16.7 Å². The van der Waals surface area contributed by atoms with Crippen molar-refractivity contribution in [2.45, 2.75) is 84.5 Å². The van der Waals surface area contributed by atoms with Crippen LogP contribution in [-0.4, -0.2) is 0 Å². The predicted molar refractivity (Wildman–Crippen MR) is 152 cm³/mol. The van der Waals surface area contributed by atoms with Crippen molar-refractivity contribution < 1.29 is 8.78 Å². The summed E-state index contributed by atoms with van der Waals surface area (Å²) < 4.78 is 29.3. The van der Waals surface area contributed by atoms with E-state index in [-0.39, 0.29) is 5.56 Å². The number of aryl methyl sites for hydroxylation is 2. The molecule has 0 atom stereocenters. The molecule has 0 radical (unpaired) electrons. The van der Waals surface area contributed by atoms with Gasteiger partial charge in [0.25, 0.3) is 0 Å². The van der Waals surface area contributed by atoms with Gasteiger partial charge in [-0.25, -0.2) is 8.78 Å². The van der Waals surface area contributed by atoms with Gasteiger partial charge < -0.3 is 0 Å². The van der Waals surface area contributed by atoms with Crippen LogP contribution in [-0.2, 0) is 12.8 Å². The Kier molecular flexibility index (Phi) is 12.0. The first kappa shape index (κ1) is 28.2. The first-order chi connectivity index (χ1) is 18.1. The second-order valence-corrected chi connectivity index (χ2v) is 9.68. The highest BCUT2D eigenvalue weighted by molar-refractivity contribution is 5.49. The van der Waals surface area contributed by atoms with Crippen molar-refractivity contribution in [1.29, 1.82) is 0 Å². The van der Waals surface area contributed by atoms with Gasteiger partial charge in [-0.1, -0.05) is 107 Å². The molecule has 0 aliphatic carbocycles. The molecule has 0 nitrogen and oxygen atoms in total. The highest BCUT2D eigenvalue weighted by Gasteiger charge is 2.08. The van der Waals surface area contributed by atoms with Gasteiger partial charge in [0.05, 0.1) is 5.56 Å². The fourth-order valence-corrected chi connectivity index (χ4v) is 4.24. The molecule has 0 fully saturated rings. The average molecular weight is 497 g/mol. The first-order valence-electron chi connectivity index (χ1n) is 13.8. The minimum absolute atomic E-state index is 0.225. The lowest BCUT2D eigenvalue weighted by Crippen LogP contribution is -1.93. The van der Waals surface area contributed by atoms with Gasteiger partial charge in [-0.3, -0.25) is 0 Å². The SMILES string of the molecule is CCCCCCCc1ccc(C#Cc2cc(F)c(C#Cc3ccc(CCCCCC)cc3)c(F)c2)cc1. The summed E-state index contributed by atoms with van der Waals surface area (Å²) in [6.07, 6.45) is 13.3. The van der Waals surface area contributed by atoms with Crippen LogP contribution in [0, 0.1) is 35.3 Å². The van der Waals surface area contributed by atoms with Crippen molar-refractivity contribution in [2.24, 2.45) is 0 Å². The third-order valence-electron chi connectivity index (χ3n) is 6.52. The van der Waals surface area contributed by atoms with Gasteiger partial charge in [0.1, 0.15) is 11.6 Å². The molecule has 0 unspecified atom stereocenters. The Labute approximate surface area is 222 Å². The Bertz CT molecular complexity index is 1210. The largest absolute Gasteiger partial charge is 0.205 e. The summed E-state index contributed by atoms with van der Waals surface area (Å²) in [5.74, 6) is 10.1. The highest BCUT2D eigenvalue weighted by atomic mass is 19.1. The predicted octanol–water partition coefficient (Wildman–Crippen LogP) is 9.40. The van der Waals surface area contributed by atoms with E-state index in [9.17, 15) is 8.78 Å². The summed E-state index contributed by atoms with van der Waals surface area (Å²) in [5, 5.41) is 0. The molecule has 0 saturated heterocycles. The smallest absolute Gasteiger partial charge is 0.143 e. The molecule has 192 valence electrons. The Morgan fingerprint density at radius 2 is 0.892 bits per heavy atom. The lowest BCUT2D eigenvalue weighted by atomic mass is 10.0. The molecule has 0 aliphatic heterocycles. The lowest BCUT2D eigenvalue weighted by Gasteiger charge is -2.02. The molecule has 0 spiro atoms. The number of benzene rings is 3. The average Bonchev–Trinajstić information content (AvgIpc) is 2.91. The zero-order valence-electron chi connectivity index (χ0n) is 22.3. The zero-order chi connectivity index (χ0) is 26.3. The van der Waals surface area contributed by atoms with E-state index >= 15 is 0 Å². The van der Waals surface area contributed by atoms with Gasteiger partial charge >= 0.3 is 0 Å². The van der Waals surface area contributed by atoms with Crippen molar-refractivity contribution >= 4 is 0 Å². The van der Waals surface area contributed by atoms with E-state index in [0.717, 1.165) is 24.0 Å². The van der Waals surface area contributed by atoms with E-state index in [2.05, 4.69) is 49.7 Å². The van der Waals surface area contributed by atoms with Gasteiger partial charge in [-0.2, -0.15) is 0 Å². The van der Waals surface area contributed by atoms with Crippen LogP contribution >= 0.6 is 0 Å². The number of hydrogen-bond donors (Lipinski definition) is 0. The van der Waals surface area contributed by atoms with E-state index in [1.807, 2.05) is 36.4 Å². The normalized spacial score (nSPS) is 10.4. The van der Waals surface area contributed by atoms with Crippen molar-refractivity contribution in [3.8, 4) is 23.7 Å². The zero-order valence-corrected chi connectivity index (χ0v) is 22.3. The lowest BCUT2D eigenvalue weighted by molar-refractivity contribution is 0.577. The number of unbranched alkanes of at least 4 members (excludes halogenated alkanes) is 7. The minimum atomic E-state index is -0.692. The van der Waals surface area contributed by atoms with Gasteiger partial charge in [0.15, 0.2) is 0 Å². The quantitative estimate of drug-likeness (QED) is 0.183. The minimum Gasteiger partial charge on any atom is -0.205 e. The fourth-order valence-electron chi connectivity index (χ4n) is 4.24. The highest BCUT2D eigenvalue weighted by Crippen LogP contribution is 2.16. The monoisotopic (exact) mass is 496 g/mol. The van der Waals surface area contributed by atoms with Crippen molar-refractivity contribution in [3.05, 3.63) is 106 Å². The molecule has 0 aromatic heterocycles. The molecule has 0 saturated carbocycles. The summed E-state index contributed by atoms with van der Waals surface area (Å²) in [5.41, 5.74) is 4.20. The number of rotatable bonds is 11. The molecule has 0 bridgehead atoms. The maximum Gasteiger partial charge on any atom is 0.143 e. The molecule has 0 N–H and O–H groups in total. The van der Waals surface area contributed by atoms with Gasteiger partial charge in [0.2, 0.25) is 0 Å². The molecule has 0 aliphatic rings. The van der Waals surface area contributed by atoms with Gasteiger partial charge in [-0.15, -0.1) is 0 Å². The Balaban J connectivity index is 1.59. The molecular formula is C35H38F2.